The van der Waals surface area contributed by atoms with Crippen molar-refractivity contribution in [2.45, 2.75) is 26.3 Å². The fraction of sp³-hybridized carbons (Fsp3) is 0.250. The minimum Gasteiger partial charge on any atom is -0.349 e. The van der Waals surface area contributed by atoms with Crippen LogP contribution >= 0.6 is 0 Å². The highest BCUT2D eigenvalue weighted by molar-refractivity contribution is 7.92. The number of hydrogen-bond acceptors (Lipinski definition) is 3. The molecular formula is C20H22F2N2O3S. The Labute approximate surface area is 163 Å². The summed E-state index contributed by atoms with van der Waals surface area (Å²) in [5.41, 5.74) is 1.96. The highest BCUT2D eigenvalue weighted by Crippen LogP contribution is 2.17. The van der Waals surface area contributed by atoms with E-state index >= 15 is 0 Å². The third-order valence-corrected chi connectivity index (χ3v) is 5.08. The van der Waals surface area contributed by atoms with Crippen LogP contribution in [0.15, 0.2) is 47.9 Å². The summed E-state index contributed by atoms with van der Waals surface area (Å²) in [5.74, 6) is -1.91. The van der Waals surface area contributed by atoms with Crippen LogP contribution < -0.4 is 10.0 Å². The Morgan fingerprint density at radius 1 is 1.14 bits per heavy atom. The number of carbonyl (C=O) groups excluding carboxylic acids is 1. The van der Waals surface area contributed by atoms with Crippen molar-refractivity contribution in [3.05, 3.63) is 76.2 Å². The minimum atomic E-state index is -3.69. The molecule has 0 bridgehead atoms. The molecule has 0 aliphatic carbocycles. The highest BCUT2D eigenvalue weighted by atomic mass is 32.2. The van der Waals surface area contributed by atoms with Gasteiger partial charge in [0.15, 0.2) is 0 Å². The van der Waals surface area contributed by atoms with Crippen LogP contribution in [0.1, 0.15) is 36.1 Å². The largest absolute Gasteiger partial charge is 0.349 e. The topological polar surface area (TPSA) is 75.3 Å². The molecule has 0 heterocycles. The Morgan fingerprint density at radius 3 is 2.46 bits per heavy atom. The second-order valence-corrected chi connectivity index (χ2v) is 8.01. The molecule has 0 fully saturated rings. The maximum Gasteiger partial charge on any atom is 0.233 e. The number of carbonyl (C=O) groups is 1. The molecule has 0 saturated carbocycles. The number of nitrogens with one attached hydrogen (secondary N) is 2. The number of rotatable bonds is 8. The number of sulfonamides is 1. The van der Waals surface area contributed by atoms with Crippen LogP contribution in [-0.2, 0) is 14.8 Å². The first-order chi connectivity index (χ1) is 13.2. The van der Waals surface area contributed by atoms with Gasteiger partial charge in [-0.25, -0.2) is 21.9 Å². The van der Waals surface area contributed by atoms with E-state index in [0.29, 0.717) is 0 Å². The smallest absolute Gasteiger partial charge is 0.233 e. The summed E-state index contributed by atoms with van der Waals surface area (Å²) in [4.78, 5) is 11.9. The number of benzene rings is 2. The molecule has 0 unspecified atom stereocenters. The van der Waals surface area contributed by atoms with E-state index in [1.165, 1.54) is 12.1 Å². The lowest BCUT2D eigenvalue weighted by Crippen LogP contribution is -2.31. The standard InChI is InChI=1S/C20H22F2N2O3S/c1-14-3-5-16(6-4-14)10-12-28(26,27)23-11-9-20(25)24-15(2)18-8-7-17(21)13-19(18)22/h3-8,10,12-13,15,23H,9,11H2,1-2H3,(H,24,25)/b12-10+/t15-/m0/s1. The first-order valence-corrected chi connectivity index (χ1v) is 10.2. The van der Waals surface area contributed by atoms with Gasteiger partial charge in [-0.15, -0.1) is 0 Å². The molecular weight excluding hydrogens is 386 g/mol. The van der Waals surface area contributed by atoms with E-state index in [0.717, 1.165) is 28.7 Å². The molecule has 0 saturated heterocycles. The van der Waals surface area contributed by atoms with Gasteiger partial charge < -0.3 is 5.32 Å². The second kappa shape index (κ2) is 9.57. The number of amides is 1. The van der Waals surface area contributed by atoms with Crippen LogP contribution in [0.5, 0.6) is 0 Å². The van der Waals surface area contributed by atoms with E-state index in [2.05, 4.69) is 10.0 Å². The lowest BCUT2D eigenvalue weighted by atomic mass is 10.1. The number of halogens is 2. The second-order valence-electron chi connectivity index (χ2n) is 6.36. The van der Waals surface area contributed by atoms with Crippen molar-refractivity contribution in [2.24, 2.45) is 0 Å². The highest BCUT2D eigenvalue weighted by Gasteiger charge is 2.14. The van der Waals surface area contributed by atoms with Gasteiger partial charge in [0, 0.05) is 30.0 Å². The Balaban J connectivity index is 1.82. The van der Waals surface area contributed by atoms with E-state index < -0.39 is 33.6 Å². The van der Waals surface area contributed by atoms with Crippen molar-refractivity contribution in [1.29, 1.82) is 0 Å². The van der Waals surface area contributed by atoms with Gasteiger partial charge in [0.25, 0.3) is 0 Å². The normalized spacial score (nSPS) is 12.9. The maximum absolute atomic E-state index is 13.7. The van der Waals surface area contributed by atoms with Gasteiger partial charge >= 0.3 is 0 Å². The van der Waals surface area contributed by atoms with E-state index in [-0.39, 0.29) is 18.5 Å². The quantitative estimate of drug-likeness (QED) is 0.703. The summed E-state index contributed by atoms with van der Waals surface area (Å²) in [6.07, 6.45) is 1.34. The average molecular weight is 408 g/mol. The predicted octanol–water partition coefficient (Wildman–Crippen LogP) is 3.43. The third kappa shape index (κ3) is 6.86. The fourth-order valence-corrected chi connectivity index (χ4v) is 3.26. The molecule has 150 valence electrons. The lowest BCUT2D eigenvalue weighted by Gasteiger charge is -2.15. The Kier molecular flexibility index (Phi) is 7.42. The zero-order valence-electron chi connectivity index (χ0n) is 15.6. The molecule has 2 N–H and O–H groups in total. The molecule has 28 heavy (non-hydrogen) atoms. The zero-order valence-corrected chi connectivity index (χ0v) is 16.4. The van der Waals surface area contributed by atoms with Crippen LogP contribution in [0.4, 0.5) is 8.78 Å². The molecule has 1 atom stereocenters. The molecule has 2 aromatic carbocycles. The minimum absolute atomic E-state index is 0.106. The third-order valence-electron chi connectivity index (χ3n) is 3.98. The van der Waals surface area contributed by atoms with Crippen LogP contribution in [0.3, 0.4) is 0 Å². The van der Waals surface area contributed by atoms with Crippen LogP contribution in [0, 0.1) is 18.6 Å². The summed E-state index contributed by atoms with van der Waals surface area (Å²) in [5, 5.41) is 3.59. The molecule has 0 aromatic heterocycles. The van der Waals surface area contributed by atoms with Gasteiger partial charge in [0.05, 0.1) is 6.04 Å². The van der Waals surface area contributed by atoms with Crippen molar-refractivity contribution in [3.8, 4) is 0 Å². The first kappa shape index (κ1) is 21.7. The summed E-state index contributed by atoms with van der Waals surface area (Å²) in [7, 11) is -3.69. The number of aryl methyl sites for hydroxylation is 1. The monoisotopic (exact) mass is 408 g/mol. The summed E-state index contributed by atoms with van der Waals surface area (Å²) in [6, 6.07) is 9.77. The summed E-state index contributed by atoms with van der Waals surface area (Å²) < 4.78 is 52.9. The van der Waals surface area contributed by atoms with E-state index in [1.807, 2.05) is 19.1 Å². The molecule has 2 rings (SSSR count). The number of hydrogen-bond donors (Lipinski definition) is 2. The molecule has 0 aliphatic heterocycles. The molecule has 1 amide bonds. The molecule has 0 radical (unpaired) electrons. The lowest BCUT2D eigenvalue weighted by molar-refractivity contribution is -0.121. The van der Waals surface area contributed by atoms with Crippen molar-refractivity contribution in [3.63, 3.8) is 0 Å². The molecule has 5 nitrogen and oxygen atoms in total. The zero-order chi connectivity index (χ0) is 20.7. The molecule has 8 heteroatoms. The first-order valence-electron chi connectivity index (χ1n) is 8.65. The van der Waals surface area contributed by atoms with Crippen molar-refractivity contribution >= 4 is 22.0 Å². The van der Waals surface area contributed by atoms with Crippen LogP contribution in [-0.4, -0.2) is 20.9 Å². The van der Waals surface area contributed by atoms with Gasteiger partial charge in [-0.1, -0.05) is 35.9 Å². The van der Waals surface area contributed by atoms with Gasteiger partial charge in [-0.2, -0.15) is 0 Å². The summed E-state index contributed by atoms with van der Waals surface area (Å²) >= 11 is 0. The van der Waals surface area contributed by atoms with Crippen molar-refractivity contribution in [2.75, 3.05) is 6.54 Å². The van der Waals surface area contributed by atoms with Gasteiger partial charge in [-0.3, -0.25) is 4.79 Å². The average Bonchev–Trinajstić information content (AvgIpc) is 2.61. The van der Waals surface area contributed by atoms with E-state index in [4.69, 9.17) is 0 Å². The molecule has 0 aliphatic rings. The van der Waals surface area contributed by atoms with Crippen LogP contribution in [0.2, 0.25) is 0 Å². The molecule has 0 spiro atoms. The van der Waals surface area contributed by atoms with Gasteiger partial charge in [0.2, 0.25) is 15.9 Å². The van der Waals surface area contributed by atoms with Crippen LogP contribution in [0.25, 0.3) is 6.08 Å². The Hall–Kier alpha value is -2.58. The predicted molar refractivity (Wildman–Crippen MR) is 105 cm³/mol. The maximum atomic E-state index is 13.7. The van der Waals surface area contributed by atoms with Crippen molar-refractivity contribution < 1.29 is 22.0 Å². The Morgan fingerprint density at radius 2 is 1.82 bits per heavy atom. The van der Waals surface area contributed by atoms with E-state index in [1.54, 1.807) is 19.1 Å². The van der Waals surface area contributed by atoms with Gasteiger partial charge in [-0.05, 0) is 31.6 Å². The fourth-order valence-electron chi connectivity index (χ4n) is 2.44. The van der Waals surface area contributed by atoms with Gasteiger partial charge in [0.1, 0.15) is 11.6 Å². The Bertz CT molecular complexity index is 958. The molecule has 2 aromatic rings. The van der Waals surface area contributed by atoms with Crippen molar-refractivity contribution in [1.82, 2.24) is 10.0 Å². The SMILES string of the molecule is Cc1ccc(/C=C/S(=O)(=O)NCCC(=O)N[C@@H](C)c2ccc(F)cc2F)cc1. The summed E-state index contributed by atoms with van der Waals surface area (Å²) in [6.45, 7) is 3.38. The van der Waals surface area contributed by atoms with E-state index in [9.17, 15) is 22.0 Å².